The predicted molar refractivity (Wildman–Crippen MR) is 58.5 cm³/mol. The summed E-state index contributed by atoms with van der Waals surface area (Å²) in [7, 11) is 0. The zero-order valence-electron chi connectivity index (χ0n) is 9.53. The number of halogens is 2. The van der Waals surface area contributed by atoms with Gasteiger partial charge < -0.3 is 4.74 Å². The van der Waals surface area contributed by atoms with Crippen molar-refractivity contribution < 1.29 is 18.3 Å². The minimum Gasteiger partial charge on any atom is -0.461 e. The number of rotatable bonds is 4. The van der Waals surface area contributed by atoms with Crippen molar-refractivity contribution in [3.05, 3.63) is 35.9 Å². The molecule has 2 atom stereocenters. The summed E-state index contributed by atoms with van der Waals surface area (Å²) >= 11 is 0. The third kappa shape index (κ3) is 3.02. The van der Waals surface area contributed by atoms with Gasteiger partial charge in [0.25, 0.3) is 0 Å². The van der Waals surface area contributed by atoms with E-state index in [1.165, 1.54) is 0 Å². The van der Waals surface area contributed by atoms with E-state index in [4.69, 9.17) is 4.74 Å². The van der Waals surface area contributed by atoms with Crippen molar-refractivity contribution in [2.75, 3.05) is 0 Å². The first-order chi connectivity index (χ1) is 7.98. The van der Waals surface area contributed by atoms with E-state index in [2.05, 4.69) is 0 Å². The van der Waals surface area contributed by atoms with Crippen LogP contribution in [0.25, 0.3) is 0 Å². The summed E-state index contributed by atoms with van der Waals surface area (Å²) < 4.78 is 30.8. The summed E-state index contributed by atoms with van der Waals surface area (Å²) in [5.41, 5.74) is 0.862. The van der Waals surface area contributed by atoms with Crippen LogP contribution in [0, 0.1) is 11.8 Å². The van der Waals surface area contributed by atoms with Crippen LogP contribution in [-0.4, -0.2) is 11.9 Å². The Bertz CT molecular complexity index is 398. The van der Waals surface area contributed by atoms with E-state index in [-0.39, 0.29) is 13.0 Å². The van der Waals surface area contributed by atoms with E-state index in [9.17, 15) is 13.6 Å². The summed E-state index contributed by atoms with van der Waals surface area (Å²) in [4.78, 5) is 11.5. The summed E-state index contributed by atoms with van der Waals surface area (Å²) in [6.45, 7) is 1.00. The van der Waals surface area contributed by atoms with Crippen LogP contribution < -0.4 is 0 Å². The molecule has 17 heavy (non-hydrogen) atoms. The molecule has 0 spiro atoms. The van der Waals surface area contributed by atoms with Crippen LogP contribution in [0.2, 0.25) is 0 Å². The third-order valence-electron chi connectivity index (χ3n) is 2.97. The first-order valence-electron chi connectivity index (χ1n) is 5.57. The Labute approximate surface area is 98.6 Å². The average molecular weight is 240 g/mol. The molecule has 0 aliphatic heterocycles. The Balaban J connectivity index is 1.80. The first kappa shape index (κ1) is 12.0. The van der Waals surface area contributed by atoms with Crippen molar-refractivity contribution in [3.63, 3.8) is 0 Å². The van der Waals surface area contributed by atoms with Crippen molar-refractivity contribution in [1.82, 2.24) is 0 Å². The van der Waals surface area contributed by atoms with Crippen LogP contribution in [-0.2, 0) is 16.1 Å². The van der Waals surface area contributed by atoms with Gasteiger partial charge in [0.05, 0.1) is 5.92 Å². The van der Waals surface area contributed by atoms with Gasteiger partial charge in [0.1, 0.15) is 6.61 Å². The van der Waals surface area contributed by atoms with Crippen molar-refractivity contribution in [1.29, 1.82) is 0 Å². The minimum absolute atomic E-state index is 0.151. The lowest BCUT2D eigenvalue weighted by atomic mass is 10.2. The molecule has 1 saturated carbocycles. The number of alkyl halides is 2. The Kier molecular flexibility index (Phi) is 3.13. The molecule has 2 nitrogen and oxygen atoms in total. The van der Waals surface area contributed by atoms with Gasteiger partial charge >= 0.3 is 5.97 Å². The summed E-state index contributed by atoms with van der Waals surface area (Å²) in [6.07, 6.45) is 0.233. The first-order valence-corrected chi connectivity index (χ1v) is 5.57. The fourth-order valence-electron chi connectivity index (χ4n) is 1.85. The summed E-state index contributed by atoms with van der Waals surface area (Å²) in [6, 6.07) is 9.19. The van der Waals surface area contributed by atoms with Gasteiger partial charge in [-0.2, -0.15) is 0 Å². The van der Waals surface area contributed by atoms with Crippen LogP contribution in [0.15, 0.2) is 30.3 Å². The Morgan fingerprint density at radius 1 is 1.41 bits per heavy atom. The maximum Gasteiger partial charge on any atom is 0.309 e. The molecule has 1 aromatic carbocycles. The molecule has 0 bridgehead atoms. The number of hydrogen-bond acceptors (Lipinski definition) is 2. The van der Waals surface area contributed by atoms with Crippen molar-refractivity contribution in [2.24, 2.45) is 11.8 Å². The number of ether oxygens (including phenoxy) is 1. The van der Waals surface area contributed by atoms with Gasteiger partial charge in [0.15, 0.2) is 0 Å². The molecular weight excluding hydrogens is 226 g/mol. The van der Waals surface area contributed by atoms with E-state index in [1.807, 2.05) is 30.3 Å². The number of esters is 1. The topological polar surface area (TPSA) is 26.3 Å². The highest BCUT2D eigenvalue weighted by atomic mass is 19.3. The summed E-state index contributed by atoms with van der Waals surface area (Å²) in [5, 5.41) is 0. The lowest BCUT2D eigenvalue weighted by molar-refractivity contribution is -0.148. The second kappa shape index (κ2) is 4.43. The number of hydrogen-bond donors (Lipinski definition) is 0. The van der Waals surface area contributed by atoms with Gasteiger partial charge in [0.2, 0.25) is 5.92 Å². The summed E-state index contributed by atoms with van der Waals surface area (Å²) in [5.74, 6) is -4.76. The van der Waals surface area contributed by atoms with Crippen LogP contribution in [0.1, 0.15) is 18.9 Å². The number of benzene rings is 1. The van der Waals surface area contributed by atoms with E-state index in [1.54, 1.807) is 0 Å². The van der Waals surface area contributed by atoms with Crippen LogP contribution in [0.4, 0.5) is 8.78 Å². The largest absolute Gasteiger partial charge is 0.461 e. The highest BCUT2D eigenvalue weighted by molar-refractivity contribution is 5.76. The Morgan fingerprint density at radius 2 is 2.06 bits per heavy atom. The molecule has 0 radical (unpaired) electrons. The lowest BCUT2D eigenvalue weighted by Gasteiger charge is -2.09. The Morgan fingerprint density at radius 3 is 2.59 bits per heavy atom. The molecule has 4 heteroatoms. The molecule has 2 rings (SSSR count). The van der Waals surface area contributed by atoms with Crippen molar-refractivity contribution in [3.8, 4) is 0 Å². The van der Waals surface area contributed by atoms with E-state index < -0.39 is 23.7 Å². The molecule has 2 unspecified atom stereocenters. The number of carbonyl (C=O) groups is 1. The molecule has 1 aliphatic rings. The highest BCUT2D eigenvalue weighted by Gasteiger charge is 2.56. The molecule has 1 aromatic rings. The second-order valence-corrected chi connectivity index (χ2v) is 4.50. The fourth-order valence-corrected chi connectivity index (χ4v) is 1.85. The molecule has 1 aliphatic carbocycles. The van der Waals surface area contributed by atoms with Gasteiger partial charge in [-0.1, -0.05) is 30.3 Å². The normalized spacial score (nSPS) is 23.2. The monoisotopic (exact) mass is 240 g/mol. The van der Waals surface area contributed by atoms with E-state index in [0.717, 1.165) is 12.5 Å². The standard InChI is InChI=1S/C13H14F2O2/c1-13(14,15)11-7-10(11)12(16)17-8-9-5-3-2-4-6-9/h2-6,10-11H,7-8H2,1H3. The SMILES string of the molecule is CC(F)(F)C1CC1C(=O)OCc1ccccc1. The lowest BCUT2D eigenvalue weighted by Crippen LogP contribution is -2.18. The molecule has 0 amide bonds. The van der Waals surface area contributed by atoms with Gasteiger partial charge in [-0.15, -0.1) is 0 Å². The number of carbonyl (C=O) groups excluding carboxylic acids is 1. The third-order valence-corrected chi connectivity index (χ3v) is 2.97. The molecule has 92 valence electrons. The van der Waals surface area contributed by atoms with Gasteiger partial charge in [-0.05, 0) is 18.9 Å². The van der Waals surface area contributed by atoms with Crippen LogP contribution in [0.5, 0.6) is 0 Å². The maximum absolute atomic E-state index is 12.9. The molecule has 0 aromatic heterocycles. The molecule has 0 saturated heterocycles. The smallest absolute Gasteiger partial charge is 0.309 e. The van der Waals surface area contributed by atoms with Gasteiger partial charge in [0, 0.05) is 5.92 Å². The zero-order valence-corrected chi connectivity index (χ0v) is 9.53. The quantitative estimate of drug-likeness (QED) is 0.756. The average Bonchev–Trinajstić information content (AvgIpc) is 3.06. The van der Waals surface area contributed by atoms with Gasteiger partial charge in [-0.25, -0.2) is 8.78 Å². The van der Waals surface area contributed by atoms with Crippen LogP contribution >= 0.6 is 0 Å². The van der Waals surface area contributed by atoms with E-state index >= 15 is 0 Å². The molecule has 1 fully saturated rings. The minimum atomic E-state index is -2.78. The zero-order chi connectivity index (χ0) is 12.5. The fraction of sp³-hybridized carbons (Fsp3) is 0.462. The Hall–Kier alpha value is -1.45. The van der Waals surface area contributed by atoms with Crippen molar-refractivity contribution in [2.45, 2.75) is 25.9 Å². The molecule has 0 N–H and O–H groups in total. The second-order valence-electron chi connectivity index (χ2n) is 4.50. The van der Waals surface area contributed by atoms with E-state index in [0.29, 0.717) is 0 Å². The maximum atomic E-state index is 12.9. The molecular formula is C13H14F2O2. The highest BCUT2D eigenvalue weighted by Crippen LogP contribution is 2.49. The van der Waals surface area contributed by atoms with Gasteiger partial charge in [-0.3, -0.25) is 4.79 Å². The molecule has 0 heterocycles. The van der Waals surface area contributed by atoms with Crippen molar-refractivity contribution >= 4 is 5.97 Å². The van der Waals surface area contributed by atoms with Crippen LogP contribution in [0.3, 0.4) is 0 Å². The predicted octanol–water partition coefficient (Wildman–Crippen LogP) is 3.02.